The van der Waals surface area contributed by atoms with Crippen LogP contribution in [0.1, 0.15) is 10.4 Å². The average Bonchev–Trinajstić information content (AvgIpc) is 2.78. The molecule has 6 nitrogen and oxygen atoms in total. The number of anilines is 1. The number of aromatic nitrogens is 1. The van der Waals surface area contributed by atoms with Crippen LogP contribution in [0.4, 0.5) is 10.1 Å². The van der Waals surface area contributed by atoms with Gasteiger partial charge in [-0.05, 0) is 42.5 Å². The van der Waals surface area contributed by atoms with Gasteiger partial charge in [0.2, 0.25) is 0 Å². The Morgan fingerprint density at radius 3 is 2.42 bits per heavy atom. The number of carbonyl (C=O) groups is 2. The van der Waals surface area contributed by atoms with Gasteiger partial charge in [-0.25, -0.2) is 9.37 Å². The van der Waals surface area contributed by atoms with E-state index in [1.807, 2.05) is 30.3 Å². The highest BCUT2D eigenvalue weighted by Crippen LogP contribution is 2.32. The van der Waals surface area contributed by atoms with Gasteiger partial charge in [-0.3, -0.25) is 9.59 Å². The molecular formula is C24H18FN3O3. The molecule has 0 aliphatic rings. The number of nitrogens with one attached hydrogen (secondary N) is 1. The number of amides is 2. The summed E-state index contributed by atoms with van der Waals surface area (Å²) in [5.41, 5.74) is 8.26. The van der Waals surface area contributed by atoms with Crippen LogP contribution in [0.2, 0.25) is 0 Å². The van der Waals surface area contributed by atoms with Crippen LogP contribution in [-0.2, 0) is 4.79 Å². The zero-order chi connectivity index (χ0) is 21.8. The Hall–Kier alpha value is -4.26. The Morgan fingerprint density at radius 2 is 1.71 bits per heavy atom. The van der Waals surface area contributed by atoms with Gasteiger partial charge >= 0.3 is 0 Å². The van der Waals surface area contributed by atoms with Crippen molar-refractivity contribution in [2.45, 2.75) is 0 Å². The lowest BCUT2D eigenvalue weighted by atomic mass is 10.1. The SMILES string of the molecule is NC(=O)COc1cc(-c2ccccc2)nc2ccc(NC(=O)c3ccc(F)cc3)cc12. The smallest absolute Gasteiger partial charge is 0.255 e. The highest BCUT2D eigenvalue weighted by Gasteiger charge is 2.12. The fourth-order valence-electron chi connectivity index (χ4n) is 3.10. The van der Waals surface area contributed by atoms with E-state index in [0.29, 0.717) is 33.6 Å². The maximum absolute atomic E-state index is 13.1. The van der Waals surface area contributed by atoms with Crippen molar-refractivity contribution in [3.05, 3.63) is 90.2 Å². The second kappa shape index (κ2) is 8.62. The van der Waals surface area contributed by atoms with Crippen molar-refractivity contribution in [3.63, 3.8) is 0 Å². The number of pyridine rings is 1. The lowest BCUT2D eigenvalue weighted by Crippen LogP contribution is -2.20. The Bertz CT molecular complexity index is 1260. The summed E-state index contributed by atoms with van der Waals surface area (Å²) < 4.78 is 18.7. The number of hydrogen-bond acceptors (Lipinski definition) is 4. The molecule has 154 valence electrons. The van der Waals surface area contributed by atoms with Crippen LogP contribution >= 0.6 is 0 Å². The maximum Gasteiger partial charge on any atom is 0.255 e. The van der Waals surface area contributed by atoms with Crippen LogP contribution in [0.25, 0.3) is 22.2 Å². The zero-order valence-corrected chi connectivity index (χ0v) is 16.3. The summed E-state index contributed by atoms with van der Waals surface area (Å²) in [5, 5.41) is 3.38. The number of hydrogen-bond donors (Lipinski definition) is 2. The van der Waals surface area contributed by atoms with E-state index in [-0.39, 0.29) is 12.5 Å². The van der Waals surface area contributed by atoms with E-state index in [2.05, 4.69) is 10.3 Å². The van der Waals surface area contributed by atoms with Gasteiger partial charge in [0.15, 0.2) is 6.61 Å². The quantitative estimate of drug-likeness (QED) is 0.494. The van der Waals surface area contributed by atoms with Crippen LogP contribution in [0.5, 0.6) is 5.75 Å². The third-order valence-corrected chi connectivity index (χ3v) is 4.57. The molecule has 0 spiro atoms. The second-order valence-electron chi connectivity index (χ2n) is 6.82. The number of rotatable bonds is 6. The second-order valence-corrected chi connectivity index (χ2v) is 6.82. The van der Waals surface area contributed by atoms with Crippen LogP contribution in [0.15, 0.2) is 78.9 Å². The maximum atomic E-state index is 13.1. The predicted molar refractivity (Wildman–Crippen MR) is 116 cm³/mol. The number of primary amides is 1. The van der Waals surface area contributed by atoms with E-state index in [4.69, 9.17) is 10.5 Å². The van der Waals surface area contributed by atoms with Gasteiger partial charge in [-0.15, -0.1) is 0 Å². The predicted octanol–water partition coefficient (Wildman–Crippen LogP) is 4.16. The molecule has 3 aromatic carbocycles. The molecule has 4 rings (SSSR count). The number of nitrogens with zero attached hydrogens (tertiary/aromatic N) is 1. The van der Waals surface area contributed by atoms with Gasteiger partial charge in [-0.2, -0.15) is 0 Å². The van der Waals surface area contributed by atoms with E-state index in [1.54, 1.807) is 24.3 Å². The Labute approximate surface area is 177 Å². The van der Waals surface area contributed by atoms with Crippen molar-refractivity contribution >= 4 is 28.4 Å². The molecule has 0 atom stereocenters. The molecule has 0 saturated carbocycles. The monoisotopic (exact) mass is 415 g/mol. The normalized spacial score (nSPS) is 10.6. The molecule has 0 fully saturated rings. The van der Waals surface area contributed by atoms with Gasteiger partial charge in [0.05, 0.1) is 11.2 Å². The number of halogens is 1. The Morgan fingerprint density at radius 1 is 0.968 bits per heavy atom. The fourth-order valence-corrected chi connectivity index (χ4v) is 3.10. The summed E-state index contributed by atoms with van der Waals surface area (Å²) in [7, 11) is 0. The molecule has 0 aliphatic heterocycles. The molecule has 7 heteroatoms. The molecule has 31 heavy (non-hydrogen) atoms. The van der Waals surface area contributed by atoms with Gasteiger partial charge in [0, 0.05) is 28.3 Å². The molecule has 0 radical (unpaired) electrons. The van der Waals surface area contributed by atoms with Gasteiger partial charge < -0.3 is 15.8 Å². The molecule has 0 unspecified atom stereocenters. The van der Waals surface area contributed by atoms with Crippen molar-refractivity contribution in [3.8, 4) is 17.0 Å². The molecule has 1 heterocycles. The number of nitrogens with two attached hydrogens (primary N) is 1. The van der Waals surface area contributed by atoms with Crippen LogP contribution in [0.3, 0.4) is 0 Å². The molecule has 2 amide bonds. The number of fused-ring (bicyclic) bond motifs is 1. The lowest BCUT2D eigenvalue weighted by molar-refractivity contribution is -0.119. The number of benzene rings is 3. The minimum atomic E-state index is -0.605. The third-order valence-electron chi connectivity index (χ3n) is 4.57. The molecule has 0 saturated heterocycles. The van der Waals surface area contributed by atoms with E-state index in [1.165, 1.54) is 24.3 Å². The summed E-state index contributed by atoms with van der Waals surface area (Å²) in [4.78, 5) is 28.4. The first-order chi connectivity index (χ1) is 15.0. The van der Waals surface area contributed by atoms with Crippen molar-refractivity contribution in [1.82, 2.24) is 4.98 Å². The summed E-state index contributed by atoms with van der Waals surface area (Å²) in [6.07, 6.45) is 0. The average molecular weight is 415 g/mol. The van der Waals surface area contributed by atoms with Gasteiger partial charge in [0.1, 0.15) is 11.6 Å². The highest BCUT2D eigenvalue weighted by molar-refractivity contribution is 6.05. The summed E-state index contributed by atoms with van der Waals surface area (Å²) in [5.74, 6) is -0.987. The highest BCUT2D eigenvalue weighted by atomic mass is 19.1. The first-order valence-corrected chi connectivity index (χ1v) is 9.48. The van der Waals surface area contributed by atoms with E-state index in [9.17, 15) is 14.0 Å². The van der Waals surface area contributed by atoms with Crippen molar-refractivity contribution in [1.29, 1.82) is 0 Å². The van der Waals surface area contributed by atoms with Gasteiger partial charge in [0.25, 0.3) is 11.8 Å². The molecule has 1 aromatic heterocycles. The van der Waals surface area contributed by atoms with Crippen LogP contribution in [-0.4, -0.2) is 23.4 Å². The Balaban J connectivity index is 1.71. The lowest BCUT2D eigenvalue weighted by Gasteiger charge is -2.12. The third kappa shape index (κ3) is 4.67. The first kappa shape index (κ1) is 20.0. The molecule has 3 N–H and O–H groups in total. The summed E-state index contributed by atoms with van der Waals surface area (Å²) >= 11 is 0. The van der Waals surface area contributed by atoms with E-state index >= 15 is 0 Å². The first-order valence-electron chi connectivity index (χ1n) is 9.48. The fraction of sp³-hybridized carbons (Fsp3) is 0.0417. The number of carbonyl (C=O) groups excluding carboxylic acids is 2. The van der Waals surface area contributed by atoms with Gasteiger partial charge in [-0.1, -0.05) is 30.3 Å². The minimum absolute atomic E-state index is 0.292. The van der Waals surface area contributed by atoms with E-state index < -0.39 is 11.7 Å². The topological polar surface area (TPSA) is 94.3 Å². The van der Waals surface area contributed by atoms with E-state index in [0.717, 1.165) is 5.56 Å². The molecular weight excluding hydrogens is 397 g/mol. The molecule has 4 aromatic rings. The Kier molecular flexibility index (Phi) is 5.57. The summed E-state index contributed by atoms with van der Waals surface area (Å²) in [6, 6.07) is 21.7. The zero-order valence-electron chi connectivity index (χ0n) is 16.3. The number of ether oxygens (including phenoxy) is 1. The van der Waals surface area contributed by atoms with Crippen LogP contribution < -0.4 is 15.8 Å². The van der Waals surface area contributed by atoms with Crippen LogP contribution in [0, 0.1) is 5.82 Å². The summed E-state index contributed by atoms with van der Waals surface area (Å²) in [6.45, 7) is -0.292. The van der Waals surface area contributed by atoms with Crippen molar-refractivity contribution in [2.75, 3.05) is 11.9 Å². The molecule has 0 bridgehead atoms. The standard InChI is InChI=1S/C24H18FN3O3/c25-17-8-6-16(7-9-17)24(30)27-18-10-11-20-19(12-18)22(31-14-23(26)29)13-21(28-20)15-4-2-1-3-5-15/h1-13H,14H2,(H2,26,29)(H,27,30). The minimum Gasteiger partial charge on any atom is -0.483 e. The largest absolute Gasteiger partial charge is 0.483 e. The van der Waals surface area contributed by atoms with Crippen molar-refractivity contribution < 1.29 is 18.7 Å². The van der Waals surface area contributed by atoms with Crippen molar-refractivity contribution in [2.24, 2.45) is 5.73 Å². The molecule has 0 aliphatic carbocycles.